The zero-order valence-corrected chi connectivity index (χ0v) is 14.4. The maximum atomic E-state index is 12.9. The van der Waals surface area contributed by atoms with Crippen LogP contribution in [0.15, 0.2) is 0 Å². The van der Waals surface area contributed by atoms with Crippen molar-refractivity contribution in [3.63, 3.8) is 0 Å². The summed E-state index contributed by atoms with van der Waals surface area (Å²) in [6, 6.07) is 0.142. The third kappa shape index (κ3) is 3.47. The van der Waals surface area contributed by atoms with Crippen molar-refractivity contribution < 1.29 is 14.3 Å². The number of carbonyl (C=O) groups is 1. The first-order valence-electron chi connectivity index (χ1n) is 9.08. The minimum Gasteiger partial charge on any atom is -0.379 e. The van der Waals surface area contributed by atoms with Gasteiger partial charge < -0.3 is 20.5 Å². The summed E-state index contributed by atoms with van der Waals surface area (Å²) in [5.74, 6) is 0.0132. The van der Waals surface area contributed by atoms with Gasteiger partial charge >= 0.3 is 0 Å². The summed E-state index contributed by atoms with van der Waals surface area (Å²) in [5.41, 5.74) is 8.15. The third-order valence-electron chi connectivity index (χ3n) is 5.30. The van der Waals surface area contributed by atoms with E-state index in [-0.39, 0.29) is 23.9 Å². The molecule has 2 saturated heterocycles. The molecule has 8 heteroatoms. The van der Waals surface area contributed by atoms with Crippen LogP contribution in [0.3, 0.4) is 0 Å². The van der Waals surface area contributed by atoms with Crippen LogP contribution < -0.4 is 11.1 Å². The molecule has 1 aromatic rings. The molecule has 1 amide bonds. The Morgan fingerprint density at radius 3 is 2.76 bits per heavy atom. The summed E-state index contributed by atoms with van der Waals surface area (Å²) in [4.78, 5) is 23.8. The lowest BCUT2D eigenvalue weighted by Gasteiger charge is -2.34. The van der Waals surface area contributed by atoms with Crippen LogP contribution in [0.5, 0.6) is 0 Å². The first-order chi connectivity index (χ1) is 12.2. The first-order valence-corrected chi connectivity index (χ1v) is 9.08. The Kier molecular flexibility index (Phi) is 4.82. The molecule has 2 fully saturated rings. The van der Waals surface area contributed by atoms with Gasteiger partial charge in [-0.1, -0.05) is 0 Å². The lowest BCUT2D eigenvalue weighted by molar-refractivity contribution is 0.0108. The fourth-order valence-electron chi connectivity index (χ4n) is 3.99. The monoisotopic (exact) mass is 347 g/mol. The van der Waals surface area contributed by atoms with Crippen molar-refractivity contribution in [1.29, 1.82) is 0 Å². The van der Waals surface area contributed by atoms with Crippen LogP contribution in [0, 0.1) is 0 Å². The second kappa shape index (κ2) is 7.23. The van der Waals surface area contributed by atoms with E-state index in [9.17, 15) is 4.79 Å². The number of nitrogens with zero attached hydrogens (tertiary/aromatic N) is 3. The van der Waals surface area contributed by atoms with Gasteiger partial charge in [0.25, 0.3) is 5.91 Å². The number of aromatic nitrogens is 2. The lowest BCUT2D eigenvalue weighted by atomic mass is 9.94. The molecule has 8 nitrogen and oxygen atoms in total. The molecule has 0 saturated carbocycles. The molecule has 0 aromatic carbocycles. The molecule has 3 heterocycles. The quantitative estimate of drug-likeness (QED) is 0.778. The van der Waals surface area contributed by atoms with E-state index >= 15 is 0 Å². The smallest absolute Gasteiger partial charge is 0.270 e. The molecular weight excluding hydrogens is 322 g/mol. The highest BCUT2D eigenvalue weighted by atomic mass is 16.5. The van der Waals surface area contributed by atoms with Crippen molar-refractivity contribution in [2.75, 3.05) is 45.3 Å². The Hall–Kier alpha value is -1.77. The van der Waals surface area contributed by atoms with Crippen LogP contribution in [-0.4, -0.2) is 72.4 Å². The Morgan fingerprint density at radius 1 is 1.12 bits per heavy atom. The van der Waals surface area contributed by atoms with E-state index in [0.29, 0.717) is 18.9 Å². The number of anilines is 1. The van der Waals surface area contributed by atoms with Crippen molar-refractivity contribution in [3.8, 4) is 0 Å². The molecule has 2 aliphatic heterocycles. The number of carbonyl (C=O) groups excluding carboxylic acids is 1. The van der Waals surface area contributed by atoms with Crippen LogP contribution in [0.25, 0.3) is 0 Å². The fourth-order valence-corrected chi connectivity index (χ4v) is 3.99. The van der Waals surface area contributed by atoms with Gasteiger partial charge in [-0.05, 0) is 25.7 Å². The molecule has 4 rings (SSSR count). The van der Waals surface area contributed by atoms with Crippen LogP contribution in [0.4, 0.5) is 5.95 Å². The van der Waals surface area contributed by atoms with E-state index in [1.54, 1.807) is 0 Å². The standard InChI is InChI=1S/C17H25N5O3/c18-17-20-12-4-2-1-3-11(12)15(21-17)16(23)19-13-9-25-10-14(13)22-5-7-24-8-6-22/h13-14H,1-10H2,(H,19,23)(H2,18,20,21)/t13-,14-/m0/s1. The zero-order chi connectivity index (χ0) is 17.2. The highest BCUT2D eigenvalue weighted by Gasteiger charge is 2.35. The zero-order valence-electron chi connectivity index (χ0n) is 14.4. The second-order valence-corrected chi connectivity index (χ2v) is 6.90. The number of hydrogen-bond acceptors (Lipinski definition) is 7. The highest BCUT2D eigenvalue weighted by Crippen LogP contribution is 2.23. The summed E-state index contributed by atoms with van der Waals surface area (Å²) in [7, 11) is 0. The largest absolute Gasteiger partial charge is 0.379 e. The summed E-state index contributed by atoms with van der Waals surface area (Å²) in [6.07, 6.45) is 3.85. The number of morpholine rings is 1. The molecule has 3 aliphatic rings. The average molecular weight is 347 g/mol. The van der Waals surface area contributed by atoms with Gasteiger partial charge in [-0.2, -0.15) is 0 Å². The van der Waals surface area contributed by atoms with Gasteiger partial charge in [0.15, 0.2) is 0 Å². The van der Waals surface area contributed by atoms with E-state index in [2.05, 4.69) is 20.2 Å². The Morgan fingerprint density at radius 2 is 1.92 bits per heavy atom. The summed E-state index contributed by atoms with van der Waals surface area (Å²) < 4.78 is 11.1. The van der Waals surface area contributed by atoms with Gasteiger partial charge in [-0.15, -0.1) is 0 Å². The molecule has 3 N–H and O–H groups in total. The number of hydrogen-bond donors (Lipinski definition) is 2. The van der Waals surface area contributed by atoms with Crippen LogP contribution >= 0.6 is 0 Å². The van der Waals surface area contributed by atoms with Gasteiger partial charge in [-0.3, -0.25) is 9.69 Å². The molecule has 136 valence electrons. The van der Waals surface area contributed by atoms with E-state index < -0.39 is 0 Å². The maximum Gasteiger partial charge on any atom is 0.270 e. The average Bonchev–Trinajstić information content (AvgIpc) is 3.09. The SMILES string of the molecule is Nc1nc2c(c(C(=O)N[C@H]3COC[C@@H]3N3CCOCC3)n1)CCCC2. The van der Waals surface area contributed by atoms with Crippen molar-refractivity contribution in [2.24, 2.45) is 0 Å². The molecular formula is C17H25N5O3. The fraction of sp³-hybridized carbons (Fsp3) is 0.706. The van der Waals surface area contributed by atoms with Crippen molar-refractivity contribution in [2.45, 2.75) is 37.8 Å². The number of nitrogen functional groups attached to an aromatic ring is 1. The van der Waals surface area contributed by atoms with Crippen LogP contribution in [0.2, 0.25) is 0 Å². The van der Waals surface area contributed by atoms with Gasteiger partial charge in [0, 0.05) is 24.3 Å². The first kappa shape index (κ1) is 16.7. The normalized spacial score (nSPS) is 27.0. The minimum atomic E-state index is -0.166. The summed E-state index contributed by atoms with van der Waals surface area (Å²) in [5, 5.41) is 3.13. The predicted octanol–water partition coefficient (Wildman–Crippen LogP) is -0.233. The topological polar surface area (TPSA) is 103 Å². The van der Waals surface area contributed by atoms with E-state index in [1.807, 2.05) is 0 Å². The molecule has 0 radical (unpaired) electrons. The van der Waals surface area contributed by atoms with Gasteiger partial charge in [0.1, 0.15) is 5.69 Å². The summed E-state index contributed by atoms with van der Waals surface area (Å²) >= 11 is 0. The number of nitrogens with two attached hydrogens (primary N) is 1. The van der Waals surface area contributed by atoms with Crippen LogP contribution in [-0.2, 0) is 22.3 Å². The molecule has 2 atom stereocenters. The second-order valence-electron chi connectivity index (χ2n) is 6.90. The van der Waals surface area contributed by atoms with Crippen molar-refractivity contribution in [1.82, 2.24) is 20.2 Å². The maximum absolute atomic E-state index is 12.9. The van der Waals surface area contributed by atoms with E-state index in [4.69, 9.17) is 15.2 Å². The molecule has 25 heavy (non-hydrogen) atoms. The Balaban J connectivity index is 1.51. The number of aryl methyl sites for hydroxylation is 1. The van der Waals surface area contributed by atoms with Crippen LogP contribution in [0.1, 0.15) is 34.6 Å². The number of amides is 1. The number of nitrogens with one attached hydrogen (secondary N) is 1. The third-order valence-corrected chi connectivity index (χ3v) is 5.30. The number of rotatable bonds is 3. The van der Waals surface area contributed by atoms with E-state index in [1.165, 1.54) is 0 Å². The molecule has 1 aliphatic carbocycles. The summed E-state index contributed by atoms with van der Waals surface area (Å²) in [6.45, 7) is 4.36. The number of ether oxygens (including phenoxy) is 2. The molecule has 0 unspecified atom stereocenters. The molecule has 0 spiro atoms. The van der Waals surface area contributed by atoms with Gasteiger partial charge in [0.2, 0.25) is 5.95 Å². The Bertz CT molecular complexity index is 647. The van der Waals surface area contributed by atoms with Gasteiger partial charge in [-0.25, -0.2) is 9.97 Å². The number of fused-ring (bicyclic) bond motifs is 1. The van der Waals surface area contributed by atoms with E-state index in [0.717, 1.165) is 63.2 Å². The molecule has 0 bridgehead atoms. The highest BCUT2D eigenvalue weighted by molar-refractivity contribution is 5.94. The predicted molar refractivity (Wildman–Crippen MR) is 91.3 cm³/mol. The molecule has 1 aromatic heterocycles. The Labute approximate surface area is 147 Å². The van der Waals surface area contributed by atoms with Gasteiger partial charge in [0.05, 0.1) is 38.5 Å². The lowest BCUT2D eigenvalue weighted by Crippen LogP contribution is -2.54. The minimum absolute atomic E-state index is 0.0407. The van der Waals surface area contributed by atoms with Crippen molar-refractivity contribution in [3.05, 3.63) is 17.0 Å². The van der Waals surface area contributed by atoms with Crippen molar-refractivity contribution >= 4 is 11.9 Å².